The number of nitrogens with two attached hydrogens (primary N) is 2. The molecule has 0 unspecified atom stereocenters. The summed E-state index contributed by atoms with van der Waals surface area (Å²) in [5, 5.41) is 12.4. The molecule has 714 valence electrons. The Morgan fingerprint density at radius 3 is 0.935 bits per heavy atom. The lowest BCUT2D eigenvalue weighted by atomic mass is 10.0. The summed E-state index contributed by atoms with van der Waals surface area (Å²) in [7, 11) is 5.58. The highest BCUT2D eigenvalue weighted by Crippen LogP contribution is 2.46. The summed E-state index contributed by atoms with van der Waals surface area (Å²) in [6, 6.07) is 16.3. The molecule has 3 amide bonds. The topological polar surface area (TPSA) is 378 Å². The van der Waals surface area contributed by atoms with Gasteiger partial charge in [0.25, 0.3) is 0 Å². The second kappa shape index (κ2) is 37.5. The zero-order valence-corrected chi connectivity index (χ0v) is 81.8. The smallest absolute Gasteiger partial charge is 0.355 e. The van der Waals surface area contributed by atoms with E-state index in [0.29, 0.717) is 146 Å². The number of benzene rings is 3. The number of phenols is 1. The van der Waals surface area contributed by atoms with Crippen LogP contribution in [-0.2, 0) is 35.5 Å². The van der Waals surface area contributed by atoms with Gasteiger partial charge < -0.3 is 59.7 Å². The number of phenolic OH excluding ortho intramolecular Hbond substituents is 1. The number of aromatic nitrogens is 18. The molecular formula is C99H104Cl3F3N26O7. The molecule has 0 radical (unpaired) electrons. The van der Waals surface area contributed by atoms with Crippen molar-refractivity contribution in [3.63, 3.8) is 0 Å². The van der Waals surface area contributed by atoms with Crippen molar-refractivity contribution in [3.05, 3.63) is 227 Å². The Morgan fingerprint density at radius 1 is 0.406 bits per heavy atom. The van der Waals surface area contributed by atoms with Crippen LogP contribution in [0.15, 0.2) is 144 Å². The van der Waals surface area contributed by atoms with Gasteiger partial charge in [0, 0.05) is 125 Å². The minimum absolute atomic E-state index is 0.0319. The van der Waals surface area contributed by atoms with Crippen LogP contribution in [0.1, 0.15) is 135 Å². The van der Waals surface area contributed by atoms with E-state index in [1.165, 1.54) is 74.4 Å². The normalized spacial score (nSPS) is 17.0. The lowest BCUT2D eigenvalue weighted by Gasteiger charge is -2.44. The maximum Gasteiger partial charge on any atom is 0.355 e. The van der Waals surface area contributed by atoms with Gasteiger partial charge in [-0.3, -0.25) is 14.4 Å². The number of halogens is 6. The molecule has 39 heteroatoms. The highest BCUT2D eigenvalue weighted by molar-refractivity contribution is 6.35. The predicted octanol–water partition coefficient (Wildman–Crippen LogP) is 15.6. The van der Waals surface area contributed by atoms with E-state index in [4.69, 9.17) is 76.2 Å². The number of imidazole rings is 3. The summed E-state index contributed by atoms with van der Waals surface area (Å²) < 4.78 is 55.5. The number of nitrogen functional groups attached to an aromatic ring is 2. The maximum atomic E-state index is 15.3. The van der Waals surface area contributed by atoms with Crippen LogP contribution in [0.3, 0.4) is 0 Å². The number of piperazine rings is 3. The molecule has 3 saturated heterocycles. The Bertz CT molecular complexity index is 7020. The summed E-state index contributed by atoms with van der Waals surface area (Å²) >= 11 is 20.5. The molecule has 0 spiro atoms. The van der Waals surface area contributed by atoms with E-state index in [0.717, 1.165) is 11.1 Å². The van der Waals surface area contributed by atoms with Gasteiger partial charge in [-0.2, -0.15) is 15.0 Å². The number of amides is 3. The third kappa shape index (κ3) is 16.7. The van der Waals surface area contributed by atoms with Gasteiger partial charge in [0.2, 0.25) is 17.7 Å². The Labute approximate surface area is 806 Å². The molecule has 12 aromatic heterocycles. The number of anilines is 5. The zero-order valence-electron chi connectivity index (χ0n) is 79.5. The molecule has 15 heterocycles. The molecule has 0 bridgehead atoms. The van der Waals surface area contributed by atoms with E-state index < -0.39 is 34.5 Å². The van der Waals surface area contributed by atoms with E-state index in [1.807, 2.05) is 153 Å². The van der Waals surface area contributed by atoms with Crippen molar-refractivity contribution in [2.24, 2.45) is 21.1 Å². The molecule has 6 atom stereocenters. The average Bonchev–Trinajstić information content (AvgIpc) is 1.25. The number of aryl methyl sites for hydroxylation is 6. The summed E-state index contributed by atoms with van der Waals surface area (Å²) in [5.74, 6) is -2.05. The lowest BCUT2D eigenvalue weighted by molar-refractivity contribution is -0.129. The monoisotopic (exact) mass is 1930 g/mol. The largest absolute Gasteiger partial charge is 0.507 e. The second-order valence-electron chi connectivity index (χ2n) is 36.4. The Kier molecular flexibility index (Phi) is 26.3. The maximum absolute atomic E-state index is 15.3. The van der Waals surface area contributed by atoms with Gasteiger partial charge >= 0.3 is 17.1 Å². The summed E-state index contributed by atoms with van der Waals surface area (Å²) in [4.78, 5) is 149. The SMILES string of the molecule is C=CC(=O)N1C[C@H](C)N(c2nc(=O)n(-c3c(C(C)C)nc4c(ncn4C)c3C)c3nc(-c4c(N)cccc4F)c(Cl)cc23)C[C@H]1C.C=CC(=O)N1C[C@H](C)N(c2nc(=O)n(-c3c(C(C)C)nc4c(ncn4C)c3C)c3nc(-c4c(N)cccc4F)c(Cl)cc23)C[C@H]1C.C=CC(=O)N1C[C@H](C)N(c2nc(=O)n(-c3c(C(C)C)nc4c(ncn4C)c3C)c3nc(-c4c(O)cccc4F)c(Cl)cc23)C[C@H]1C. The first-order valence-electron chi connectivity index (χ1n) is 45.0. The molecule has 138 heavy (non-hydrogen) atoms. The van der Waals surface area contributed by atoms with Crippen molar-refractivity contribution in [1.82, 2.24) is 102 Å². The highest BCUT2D eigenvalue weighted by atomic mass is 35.5. The second-order valence-corrected chi connectivity index (χ2v) is 37.6. The van der Waals surface area contributed by atoms with E-state index in [2.05, 4.69) is 49.6 Å². The van der Waals surface area contributed by atoms with E-state index in [9.17, 15) is 33.9 Å². The molecule has 3 aromatic carbocycles. The van der Waals surface area contributed by atoms with Crippen LogP contribution in [0.4, 0.5) is 42.0 Å². The molecule has 0 aliphatic carbocycles. The van der Waals surface area contributed by atoms with E-state index >= 15 is 13.2 Å². The van der Waals surface area contributed by atoms with Crippen LogP contribution in [0.25, 0.3) is 117 Å². The van der Waals surface area contributed by atoms with Crippen molar-refractivity contribution in [2.45, 2.75) is 158 Å². The molecule has 15 aromatic rings. The summed E-state index contributed by atoms with van der Waals surface area (Å²) in [5.41, 5.74) is 20.9. The Balaban J connectivity index is 0.000000150. The van der Waals surface area contributed by atoms with Gasteiger partial charge in [-0.25, -0.2) is 86.1 Å². The molecule has 3 aliphatic heterocycles. The fourth-order valence-electron chi connectivity index (χ4n) is 18.9. The highest BCUT2D eigenvalue weighted by Gasteiger charge is 2.40. The van der Waals surface area contributed by atoms with E-state index in [1.54, 1.807) is 64.0 Å². The Hall–Kier alpha value is -14.5. The van der Waals surface area contributed by atoms with Gasteiger partial charge in [-0.1, -0.05) is 114 Å². The van der Waals surface area contributed by atoms with Crippen LogP contribution in [0, 0.1) is 38.2 Å². The van der Waals surface area contributed by atoms with Gasteiger partial charge in [0.05, 0.1) is 118 Å². The minimum atomic E-state index is -0.724. The van der Waals surface area contributed by atoms with Gasteiger partial charge in [-0.15, -0.1) is 0 Å². The van der Waals surface area contributed by atoms with Crippen LogP contribution in [0.5, 0.6) is 5.75 Å². The first kappa shape index (κ1) is 96.6. The number of carbonyl (C=O) groups is 3. The number of aromatic hydroxyl groups is 1. The fraction of sp³-hybridized carbons (Fsp3) is 0.333. The van der Waals surface area contributed by atoms with Crippen molar-refractivity contribution >= 4 is 148 Å². The summed E-state index contributed by atoms with van der Waals surface area (Å²) in [6.45, 7) is 42.4. The van der Waals surface area contributed by atoms with Crippen molar-refractivity contribution in [1.29, 1.82) is 0 Å². The molecule has 33 nitrogen and oxygen atoms in total. The minimum Gasteiger partial charge on any atom is -0.507 e. The summed E-state index contributed by atoms with van der Waals surface area (Å²) in [6.07, 6.45) is 8.91. The van der Waals surface area contributed by atoms with Crippen LogP contribution in [-0.4, -0.2) is 200 Å². The van der Waals surface area contributed by atoms with Gasteiger partial charge in [0.15, 0.2) is 33.9 Å². The molecule has 18 rings (SSSR count). The Morgan fingerprint density at radius 2 is 0.674 bits per heavy atom. The molecular weight excluding hydrogens is 1830 g/mol. The number of hydrogen-bond donors (Lipinski definition) is 3. The van der Waals surface area contributed by atoms with Gasteiger partial charge in [-0.05, 0) is 153 Å². The molecule has 3 fully saturated rings. The molecule has 3 aliphatic rings. The van der Waals surface area contributed by atoms with Gasteiger partial charge in [0.1, 0.15) is 57.2 Å². The third-order valence-electron chi connectivity index (χ3n) is 25.9. The molecule has 0 saturated carbocycles. The average molecular weight is 1930 g/mol. The van der Waals surface area contributed by atoms with Crippen LogP contribution in [0.2, 0.25) is 15.1 Å². The van der Waals surface area contributed by atoms with Crippen molar-refractivity contribution in [3.8, 4) is 56.6 Å². The number of hydrogen-bond acceptors (Lipinski definition) is 24. The quantitative estimate of drug-likeness (QED) is 0.0634. The molecule has 5 N–H and O–H groups in total. The number of rotatable bonds is 15. The third-order valence-corrected chi connectivity index (χ3v) is 26.8. The zero-order chi connectivity index (χ0) is 99.6. The first-order chi connectivity index (χ1) is 65.5. The number of pyridine rings is 6. The number of fused-ring (bicyclic) bond motifs is 6. The van der Waals surface area contributed by atoms with Crippen LogP contribution >= 0.6 is 34.8 Å². The lowest BCUT2D eigenvalue weighted by Crippen LogP contribution is -2.58. The fourth-order valence-corrected chi connectivity index (χ4v) is 19.6. The standard InChI is InChI=1S/2C33H35ClFN9O2.C33H34ClFN8O3/c2*1-8-24(45)42-13-18(5)43(14-17(42)4)30-20-12-21(34)28(25-22(35)10-9-11-23(25)36)39-31(20)44(33(46)40-30)29-19(6)27-32(41(7)15-37-27)38-26(29)16(2)3;1-8-24(45)41-13-18(5)42(14-17(41)4)30-20-12-21(34)28(25-22(35)10-9-11-23(25)44)38-31(20)43(33(46)39-30)29-19(6)27-32(40(7)15-36-27)37-26(29)16(2)3/h2*8-12,15-18H,1,13-14,36H2,2-7H3;8-12,15-18,44H,1,13-14H2,2-7H3/t3*17-,18+/m111/s1. The van der Waals surface area contributed by atoms with Crippen LogP contribution < -0.4 is 43.2 Å². The van der Waals surface area contributed by atoms with E-state index in [-0.39, 0.29) is 155 Å². The first-order valence-corrected chi connectivity index (χ1v) is 46.2. The number of nitrogens with zero attached hydrogens (tertiary/aromatic N) is 24. The predicted molar refractivity (Wildman–Crippen MR) is 534 cm³/mol. The van der Waals surface area contributed by atoms with Crippen molar-refractivity contribution in [2.75, 3.05) is 65.4 Å². The number of carbonyl (C=O) groups excluding carboxylic acids is 3. The van der Waals surface area contributed by atoms with Crippen molar-refractivity contribution < 1.29 is 32.7 Å².